The van der Waals surface area contributed by atoms with Crippen LogP contribution in [0.2, 0.25) is 0 Å². The second-order valence-electron chi connectivity index (χ2n) is 5.17. The van der Waals surface area contributed by atoms with Gasteiger partial charge < -0.3 is 9.84 Å². The number of carboxylic acid groups (broad SMARTS) is 1. The molecule has 0 heterocycles. The van der Waals surface area contributed by atoms with Gasteiger partial charge >= 0.3 is 5.97 Å². The lowest BCUT2D eigenvalue weighted by molar-refractivity contribution is -0.137. The van der Waals surface area contributed by atoms with E-state index in [0.29, 0.717) is 12.4 Å². The summed E-state index contributed by atoms with van der Waals surface area (Å²) >= 11 is 3.26. The smallest absolute Gasteiger partial charge is 0.327 e. The summed E-state index contributed by atoms with van der Waals surface area (Å²) in [6.07, 6.45) is 0. The molecular formula is C17H18BrNO5S. The number of benzene rings is 2. The molecule has 0 bridgehead atoms. The number of ether oxygens (including phenoxy) is 1. The van der Waals surface area contributed by atoms with Gasteiger partial charge in [0.05, 0.1) is 17.2 Å². The topological polar surface area (TPSA) is 83.9 Å². The summed E-state index contributed by atoms with van der Waals surface area (Å²) in [5, 5.41) is 9.43. The Morgan fingerprint density at radius 3 is 2.36 bits per heavy atom. The molecule has 0 saturated heterocycles. The number of carboxylic acids is 1. The van der Waals surface area contributed by atoms with E-state index in [0.717, 1.165) is 8.78 Å². The molecule has 0 aliphatic heterocycles. The van der Waals surface area contributed by atoms with Crippen molar-refractivity contribution in [1.82, 2.24) is 0 Å². The molecule has 0 radical (unpaired) electrons. The highest BCUT2D eigenvalue weighted by Gasteiger charge is 2.35. The number of hydrogen-bond acceptors (Lipinski definition) is 4. The molecule has 1 N–H and O–H groups in total. The van der Waals surface area contributed by atoms with Crippen molar-refractivity contribution in [3.05, 3.63) is 53.0 Å². The van der Waals surface area contributed by atoms with E-state index in [1.165, 1.54) is 25.1 Å². The lowest BCUT2D eigenvalue weighted by Crippen LogP contribution is -2.43. The minimum Gasteiger partial charge on any atom is -0.492 e. The van der Waals surface area contributed by atoms with Crippen LogP contribution in [0.4, 0.5) is 5.69 Å². The predicted octanol–water partition coefficient (Wildman–Crippen LogP) is 3.52. The predicted molar refractivity (Wildman–Crippen MR) is 98.5 cm³/mol. The van der Waals surface area contributed by atoms with Gasteiger partial charge in [-0.2, -0.15) is 0 Å². The SMILES string of the molecule is CCOc1ccccc1N(C(C)C(=O)O)S(=O)(=O)c1ccc(Br)cc1. The molecule has 0 amide bonds. The van der Waals surface area contributed by atoms with Crippen LogP contribution in [-0.4, -0.2) is 32.1 Å². The van der Waals surface area contributed by atoms with E-state index in [1.54, 1.807) is 37.3 Å². The number of carbonyl (C=O) groups is 1. The van der Waals surface area contributed by atoms with E-state index in [2.05, 4.69) is 15.9 Å². The van der Waals surface area contributed by atoms with Gasteiger partial charge in [0.1, 0.15) is 11.8 Å². The second kappa shape index (κ2) is 7.88. The second-order valence-corrected chi connectivity index (χ2v) is 7.90. The van der Waals surface area contributed by atoms with Crippen LogP contribution in [0.3, 0.4) is 0 Å². The Morgan fingerprint density at radius 2 is 1.80 bits per heavy atom. The van der Waals surface area contributed by atoms with Crippen molar-refractivity contribution in [2.45, 2.75) is 24.8 Å². The summed E-state index contributed by atoms with van der Waals surface area (Å²) in [4.78, 5) is 11.6. The van der Waals surface area contributed by atoms with E-state index in [4.69, 9.17) is 4.74 Å². The van der Waals surface area contributed by atoms with Crippen molar-refractivity contribution in [3.8, 4) is 5.75 Å². The lowest BCUT2D eigenvalue weighted by Gasteiger charge is -2.29. The molecule has 0 aromatic heterocycles. The highest BCUT2D eigenvalue weighted by Crippen LogP contribution is 2.34. The molecule has 2 aromatic carbocycles. The summed E-state index contributed by atoms with van der Waals surface area (Å²) in [6, 6.07) is 11.2. The molecule has 134 valence electrons. The number of para-hydroxylation sites is 2. The number of hydrogen-bond donors (Lipinski definition) is 1. The minimum absolute atomic E-state index is 0.00454. The maximum Gasteiger partial charge on any atom is 0.327 e. The van der Waals surface area contributed by atoms with E-state index < -0.39 is 22.0 Å². The van der Waals surface area contributed by atoms with Crippen LogP contribution in [0.1, 0.15) is 13.8 Å². The molecule has 2 rings (SSSR count). The van der Waals surface area contributed by atoms with E-state index in [-0.39, 0.29) is 10.6 Å². The van der Waals surface area contributed by atoms with Gasteiger partial charge in [0.15, 0.2) is 0 Å². The Hall–Kier alpha value is -2.06. The van der Waals surface area contributed by atoms with Gasteiger partial charge in [-0.3, -0.25) is 0 Å². The van der Waals surface area contributed by atoms with Crippen molar-refractivity contribution in [2.75, 3.05) is 10.9 Å². The van der Waals surface area contributed by atoms with E-state index in [9.17, 15) is 18.3 Å². The quantitative estimate of drug-likeness (QED) is 0.730. The first-order valence-electron chi connectivity index (χ1n) is 7.53. The molecule has 0 aliphatic carbocycles. The van der Waals surface area contributed by atoms with Crippen molar-refractivity contribution < 1.29 is 23.1 Å². The molecule has 0 saturated carbocycles. The number of rotatable bonds is 7. The Bertz CT molecular complexity index is 852. The molecule has 8 heteroatoms. The van der Waals surface area contributed by atoms with Crippen LogP contribution in [0, 0.1) is 0 Å². The van der Waals surface area contributed by atoms with Gasteiger partial charge in [0, 0.05) is 4.47 Å². The van der Waals surface area contributed by atoms with Crippen molar-refractivity contribution in [2.24, 2.45) is 0 Å². The van der Waals surface area contributed by atoms with Gasteiger partial charge in [0.25, 0.3) is 10.0 Å². The molecule has 0 fully saturated rings. The largest absolute Gasteiger partial charge is 0.492 e. The Balaban J connectivity index is 2.65. The fourth-order valence-electron chi connectivity index (χ4n) is 2.28. The van der Waals surface area contributed by atoms with Crippen LogP contribution in [0.25, 0.3) is 0 Å². The fourth-order valence-corrected chi connectivity index (χ4v) is 4.17. The van der Waals surface area contributed by atoms with E-state index >= 15 is 0 Å². The van der Waals surface area contributed by atoms with Crippen LogP contribution in [-0.2, 0) is 14.8 Å². The molecule has 25 heavy (non-hydrogen) atoms. The number of nitrogens with zero attached hydrogens (tertiary/aromatic N) is 1. The first kappa shape index (κ1) is 19.3. The highest BCUT2D eigenvalue weighted by molar-refractivity contribution is 9.10. The maximum atomic E-state index is 13.1. The summed E-state index contributed by atoms with van der Waals surface area (Å²) in [6.45, 7) is 3.41. The summed E-state index contributed by atoms with van der Waals surface area (Å²) in [7, 11) is -4.10. The van der Waals surface area contributed by atoms with Crippen LogP contribution >= 0.6 is 15.9 Å². The van der Waals surface area contributed by atoms with Crippen molar-refractivity contribution in [1.29, 1.82) is 0 Å². The Labute approximate surface area is 155 Å². The third-order valence-electron chi connectivity index (χ3n) is 3.48. The average molecular weight is 428 g/mol. The monoisotopic (exact) mass is 427 g/mol. The standard InChI is InChI=1S/C17H18BrNO5S/c1-3-24-16-7-5-4-6-15(16)19(12(2)17(20)21)25(22,23)14-10-8-13(18)9-11-14/h4-12H,3H2,1-2H3,(H,20,21). The van der Waals surface area contributed by atoms with Crippen LogP contribution in [0.5, 0.6) is 5.75 Å². The van der Waals surface area contributed by atoms with Crippen molar-refractivity contribution >= 4 is 37.6 Å². The zero-order chi connectivity index (χ0) is 18.6. The lowest BCUT2D eigenvalue weighted by atomic mass is 10.2. The summed E-state index contributed by atoms with van der Waals surface area (Å²) in [5.41, 5.74) is 0.183. The first-order valence-corrected chi connectivity index (χ1v) is 9.77. The zero-order valence-electron chi connectivity index (χ0n) is 13.7. The Morgan fingerprint density at radius 1 is 1.20 bits per heavy atom. The molecule has 1 atom stereocenters. The van der Waals surface area contributed by atoms with Gasteiger partial charge in [-0.1, -0.05) is 28.1 Å². The molecule has 0 aliphatic rings. The van der Waals surface area contributed by atoms with Crippen LogP contribution < -0.4 is 9.04 Å². The maximum absolute atomic E-state index is 13.1. The third kappa shape index (κ3) is 4.13. The zero-order valence-corrected chi connectivity index (χ0v) is 16.1. The number of halogens is 1. The van der Waals surface area contributed by atoms with E-state index in [1.807, 2.05) is 0 Å². The fraction of sp³-hybridized carbons (Fsp3) is 0.235. The van der Waals surface area contributed by atoms with Gasteiger partial charge in [-0.15, -0.1) is 0 Å². The average Bonchev–Trinajstić information content (AvgIpc) is 2.57. The molecule has 0 spiro atoms. The third-order valence-corrected chi connectivity index (χ3v) is 5.91. The summed E-state index contributed by atoms with van der Waals surface area (Å²) < 4.78 is 33.4. The normalized spacial score (nSPS) is 12.4. The molecule has 1 unspecified atom stereocenters. The molecule has 6 nitrogen and oxygen atoms in total. The molecule has 2 aromatic rings. The van der Waals surface area contributed by atoms with Gasteiger partial charge in [0.2, 0.25) is 0 Å². The highest BCUT2D eigenvalue weighted by atomic mass is 79.9. The number of anilines is 1. The Kier molecular flexibility index (Phi) is 6.07. The van der Waals surface area contributed by atoms with Gasteiger partial charge in [-0.05, 0) is 50.2 Å². The number of sulfonamides is 1. The van der Waals surface area contributed by atoms with Gasteiger partial charge in [-0.25, -0.2) is 17.5 Å². The molecular weight excluding hydrogens is 410 g/mol. The minimum atomic E-state index is -4.10. The first-order chi connectivity index (χ1) is 11.8. The van der Waals surface area contributed by atoms with Crippen molar-refractivity contribution in [3.63, 3.8) is 0 Å². The number of aliphatic carboxylic acids is 1. The summed E-state index contributed by atoms with van der Waals surface area (Å²) in [5.74, 6) is -0.953. The van der Waals surface area contributed by atoms with Crippen LogP contribution in [0.15, 0.2) is 57.9 Å².